The van der Waals surface area contributed by atoms with Crippen molar-refractivity contribution in [3.63, 3.8) is 0 Å². The van der Waals surface area contributed by atoms with Gasteiger partial charge in [-0.25, -0.2) is 14.2 Å². The Morgan fingerprint density at radius 2 is 1.74 bits per heavy atom. The van der Waals surface area contributed by atoms with Crippen LogP contribution in [0.2, 0.25) is 0 Å². The average molecular weight is 529 g/mol. The lowest BCUT2D eigenvalue weighted by atomic mass is 10.1. The van der Waals surface area contributed by atoms with Crippen LogP contribution >= 0.6 is 0 Å². The summed E-state index contributed by atoms with van der Waals surface area (Å²) in [6.45, 7) is 1.67. The molecule has 2 heterocycles. The first kappa shape index (κ1) is 25.4. The van der Waals surface area contributed by atoms with Crippen LogP contribution in [0.3, 0.4) is 0 Å². The molecule has 0 bridgehead atoms. The van der Waals surface area contributed by atoms with Crippen LogP contribution in [-0.2, 0) is 6.18 Å². The number of carbonyl (C=O) groups is 1. The lowest BCUT2D eigenvalue weighted by Crippen LogP contribution is -2.39. The number of amides is 2. The van der Waals surface area contributed by atoms with Crippen LogP contribution < -0.4 is 14.8 Å². The standard InChI is InChI=1S/C27H24F4N4O3/c1-37-20-8-10-23-21(16-20)25(33-22-15-17(27(29,30)31)3-9-24(22)38-23)34-11-2-12-35(14-13-34)26(36)32-19-6-4-18(28)5-7-19/h3-10,15-16H,2,11-14H2,1H3,(H,32,36). The molecule has 0 unspecified atom stereocenters. The molecule has 0 atom stereocenters. The van der Waals surface area contributed by atoms with Crippen LogP contribution in [0.4, 0.5) is 33.7 Å². The summed E-state index contributed by atoms with van der Waals surface area (Å²) in [6.07, 6.45) is -3.94. The Bertz CT molecular complexity index is 1380. The van der Waals surface area contributed by atoms with Gasteiger partial charge in [-0.15, -0.1) is 0 Å². The zero-order valence-corrected chi connectivity index (χ0v) is 20.4. The first-order valence-electron chi connectivity index (χ1n) is 11.9. The summed E-state index contributed by atoms with van der Waals surface area (Å²) in [5.74, 6) is 1.20. The van der Waals surface area contributed by atoms with Gasteiger partial charge in [0.2, 0.25) is 0 Å². The van der Waals surface area contributed by atoms with E-state index in [0.717, 1.165) is 12.1 Å². The topological polar surface area (TPSA) is 66.4 Å². The Morgan fingerprint density at radius 1 is 0.974 bits per heavy atom. The van der Waals surface area contributed by atoms with Gasteiger partial charge in [-0.2, -0.15) is 13.2 Å². The van der Waals surface area contributed by atoms with Gasteiger partial charge >= 0.3 is 12.2 Å². The molecule has 2 amide bonds. The molecular weight excluding hydrogens is 504 g/mol. The van der Waals surface area contributed by atoms with E-state index in [9.17, 15) is 22.4 Å². The van der Waals surface area contributed by atoms with Gasteiger partial charge in [0.25, 0.3) is 0 Å². The number of aliphatic imine (C=N–C) groups is 1. The smallest absolute Gasteiger partial charge is 0.416 e. The number of urea groups is 1. The highest BCUT2D eigenvalue weighted by molar-refractivity contribution is 6.04. The number of rotatable bonds is 2. The van der Waals surface area contributed by atoms with Crippen LogP contribution in [0.15, 0.2) is 65.7 Å². The maximum atomic E-state index is 13.4. The summed E-state index contributed by atoms with van der Waals surface area (Å²) in [5, 5.41) is 2.76. The number of nitrogens with one attached hydrogen (secondary N) is 1. The number of methoxy groups -OCH3 is 1. The molecule has 38 heavy (non-hydrogen) atoms. The number of fused-ring (bicyclic) bond motifs is 2. The van der Waals surface area contributed by atoms with E-state index in [-0.39, 0.29) is 17.5 Å². The zero-order valence-electron chi connectivity index (χ0n) is 20.4. The van der Waals surface area contributed by atoms with Crippen LogP contribution in [0.1, 0.15) is 17.5 Å². The van der Waals surface area contributed by atoms with Gasteiger partial charge in [-0.1, -0.05) is 0 Å². The van der Waals surface area contributed by atoms with E-state index in [1.54, 1.807) is 23.1 Å². The monoisotopic (exact) mass is 528 g/mol. The van der Waals surface area contributed by atoms with Crippen molar-refractivity contribution in [3.05, 3.63) is 77.6 Å². The van der Waals surface area contributed by atoms with E-state index >= 15 is 0 Å². The van der Waals surface area contributed by atoms with Crippen LogP contribution in [0.25, 0.3) is 0 Å². The summed E-state index contributed by atoms with van der Waals surface area (Å²) >= 11 is 0. The minimum Gasteiger partial charge on any atom is -0.497 e. The third kappa shape index (κ3) is 5.36. The lowest BCUT2D eigenvalue weighted by molar-refractivity contribution is -0.137. The third-order valence-electron chi connectivity index (χ3n) is 6.34. The quantitative estimate of drug-likeness (QED) is 0.398. The molecule has 5 rings (SSSR count). The Kier molecular flexibility index (Phi) is 6.83. The molecule has 1 fully saturated rings. The number of amidine groups is 1. The minimum atomic E-state index is -4.53. The highest BCUT2D eigenvalue weighted by atomic mass is 19.4. The molecule has 2 aliphatic heterocycles. The van der Waals surface area contributed by atoms with Gasteiger partial charge < -0.3 is 24.6 Å². The Morgan fingerprint density at radius 3 is 2.47 bits per heavy atom. The first-order valence-corrected chi connectivity index (χ1v) is 11.9. The Labute approximate surface area is 216 Å². The Hall–Kier alpha value is -4.28. The fraction of sp³-hybridized carbons (Fsp3) is 0.259. The van der Waals surface area contributed by atoms with Gasteiger partial charge in [0.15, 0.2) is 5.75 Å². The second-order valence-corrected chi connectivity index (χ2v) is 8.84. The maximum Gasteiger partial charge on any atom is 0.416 e. The van der Waals surface area contributed by atoms with Crippen molar-refractivity contribution in [2.45, 2.75) is 12.6 Å². The molecular formula is C27H24F4N4O3. The lowest BCUT2D eigenvalue weighted by Gasteiger charge is -2.25. The molecule has 198 valence electrons. The second-order valence-electron chi connectivity index (χ2n) is 8.84. The van der Waals surface area contributed by atoms with Gasteiger partial charge in [0, 0.05) is 31.9 Å². The van der Waals surface area contributed by atoms with E-state index in [1.165, 1.54) is 37.4 Å². The van der Waals surface area contributed by atoms with Gasteiger partial charge in [0.05, 0.1) is 18.2 Å². The van der Waals surface area contributed by atoms with E-state index in [4.69, 9.17) is 9.47 Å². The highest BCUT2D eigenvalue weighted by Gasteiger charge is 2.33. The number of alkyl halides is 3. The van der Waals surface area contributed by atoms with Crippen LogP contribution in [0.5, 0.6) is 17.2 Å². The van der Waals surface area contributed by atoms with Crippen molar-refractivity contribution >= 4 is 23.2 Å². The molecule has 1 saturated heterocycles. The van der Waals surface area contributed by atoms with E-state index in [1.807, 2.05) is 4.90 Å². The minimum absolute atomic E-state index is 0.0557. The van der Waals surface area contributed by atoms with E-state index < -0.39 is 17.6 Å². The second kappa shape index (κ2) is 10.2. The first-order chi connectivity index (χ1) is 18.2. The summed E-state index contributed by atoms with van der Waals surface area (Å²) in [5.41, 5.74) is 0.269. The van der Waals surface area contributed by atoms with Crippen LogP contribution in [-0.4, -0.2) is 55.0 Å². The summed E-state index contributed by atoms with van der Waals surface area (Å²) in [4.78, 5) is 21.1. The van der Waals surface area contributed by atoms with Crippen molar-refractivity contribution < 1.29 is 31.8 Å². The molecule has 3 aromatic rings. The number of ether oxygens (including phenoxy) is 2. The zero-order chi connectivity index (χ0) is 26.9. The maximum absolute atomic E-state index is 13.4. The largest absolute Gasteiger partial charge is 0.497 e. The number of hydrogen-bond donors (Lipinski definition) is 1. The van der Waals surface area contributed by atoms with Gasteiger partial charge in [-0.05, 0) is 67.1 Å². The molecule has 2 aliphatic rings. The van der Waals surface area contributed by atoms with Crippen LogP contribution in [0, 0.1) is 5.82 Å². The number of hydrogen-bond acceptors (Lipinski definition) is 5. The fourth-order valence-corrected chi connectivity index (χ4v) is 4.37. The summed E-state index contributed by atoms with van der Waals surface area (Å²) in [7, 11) is 1.52. The molecule has 0 aliphatic carbocycles. The van der Waals surface area contributed by atoms with E-state index in [0.29, 0.717) is 61.2 Å². The number of halogens is 4. The van der Waals surface area contributed by atoms with Gasteiger partial charge in [-0.3, -0.25) is 0 Å². The predicted octanol–water partition coefficient (Wildman–Crippen LogP) is 6.28. The predicted molar refractivity (Wildman–Crippen MR) is 134 cm³/mol. The van der Waals surface area contributed by atoms with Crippen molar-refractivity contribution in [1.82, 2.24) is 9.80 Å². The fourth-order valence-electron chi connectivity index (χ4n) is 4.37. The Balaban J connectivity index is 1.44. The SMILES string of the molecule is COc1ccc2c(c1)C(N1CCCN(C(=O)Nc3ccc(F)cc3)CC1)=Nc1cc(C(F)(F)F)ccc1O2. The molecule has 3 aromatic carbocycles. The molecule has 0 spiro atoms. The molecule has 11 heteroatoms. The number of nitrogens with zero attached hydrogens (tertiary/aromatic N) is 3. The van der Waals surface area contributed by atoms with Crippen molar-refractivity contribution in [3.8, 4) is 17.2 Å². The average Bonchev–Trinajstić information content (AvgIpc) is 3.23. The van der Waals surface area contributed by atoms with Crippen molar-refractivity contribution in [2.75, 3.05) is 38.6 Å². The van der Waals surface area contributed by atoms with Gasteiger partial charge in [0.1, 0.15) is 28.8 Å². The van der Waals surface area contributed by atoms with Crippen molar-refractivity contribution in [1.29, 1.82) is 0 Å². The number of anilines is 1. The normalized spacial score (nSPS) is 15.3. The molecule has 0 saturated carbocycles. The highest BCUT2D eigenvalue weighted by Crippen LogP contribution is 2.42. The number of carbonyl (C=O) groups excluding carboxylic acids is 1. The summed E-state index contributed by atoms with van der Waals surface area (Å²) in [6, 6.07) is 13.5. The van der Waals surface area contributed by atoms with Crippen molar-refractivity contribution in [2.24, 2.45) is 4.99 Å². The third-order valence-corrected chi connectivity index (χ3v) is 6.34. The molecule has 7 nitrogen and oxygen atoms in total. The molecule has 0 aromatic heterocycles. The number of benzene rings is 3. The molecule has 1 N–H and O–H groups in total. The summed E-state index contributed by atoms with van der Waals surface area (Å²) < 4.78 is 64.9. The molecule has 0 radical (unpaired) electrons. The van der Waals surface area contributed by atoms with E-state index in [2.05, 4.69) is 10.3 Å².